The second-order valence-corrected chi connectivity index (χ2v) is 8.54. The molecule has 186 valence electrons. The fourth-order valence-electron chi connectivity index (χ4n) is 4.58. The van der Waals surface area contributed by atoms with Crippen LogP contribution >= 0.6 is 0 Å². The third-order valence-corrected chi connectivity index (χ3v) is 6.39. The zero-order valence-electron chi connectivity index (χ0n) is 19.7. The van der Waals surface area contributed by atoms with Gasteiger partial charge in [0.15, 0.2) is 6.10 Å². The SMILES string of the molecule is COC1C(=O)OCc2c1cc1n(c2=O)Cc2c-1nc1cc(F)c(C)cc1c2/C=N/OCCCNC=O. The minimum atomic E-state index is -1.01. The molecular weight excluding hydrogens is 471 g/mol. The van der Waals surface area contributed by atoms with Gasteiger partial charge in [-0.05, 0) is 24.6 Å². The summed E-state index contributed by atoms with van der Waals surface area (Å²) in [6.07, 6.45) is 1.71. The van der Waals surface area contributed by atoms with Crippen molar-refractivity contribution in [1.29, 1.82) is 0 Å². The number of fused-ring (bicyclic) bond motifs is 5. The minimum Gasteiger partial charge on any atom is -0.458 e. The lowest BCUT2D eigenvalue weighted by Crippen LogP contribution is -2.33. The van der Waals surface area contributed by atoms with Crippen LogP contribution in [-0.2, 0) is 37.1 Å². The van der Waals surface area contributed by atoms with Gasteiger partial charge in [-0.3, -0.25) is 9.59 Å². The Morgan fingerprint density at radius 1 is 1.31 bits per heavy atom. The van der Waals surface area contributed by atoms with E-state index in [-0.39, 0.29) is 25.3 Å². The second-order valence-electron chi connectivity index (χ2n) is 8.54. The molecule has 0 radical (unpaired) electrons. The summed E-state index contributed by atoms with van der Waals surface area (Å²) in [4.78, 5) is 46.0. The fourth-order valence-corrected chi connectivity index (χ4v) is 4.58. The molecule has 0 saturated heterocycles. The average molecular weight is 494 g/mol. The second kappa shape index (κ2) is 9.50. The predicted octanol–water partition coefficient (Wildman–Crippen LogP) is 2.10. The number of aryl methyl sites for hydroxylation is 1. The van der Waals surface area contributed by atoms with Crippen molar-refractivity contribution in [2.45, 2.75) is 32.6 Å². The number of benzene rings is 1. The van der Waals surface area contributed by atoms with Crippen LogP contribution in [0.15, 0.2) is 28.1 Å². The molecule has 1 unspecified atom stereocenters. The van der Waals surface area contributed by atoms with Gasteiger partial charge in [0, 0.05) is 48.2 Å². The van der Waals surface area contributed by atoms with Crippen molar-refractivity contribution in [2.24, 2.45) is 5.16 Å². The van der Waals surface area contributed by atoms with Crippen LogP contribution < -0.4 is 10.9 Å². The summed E-state index contributed by atoms with van der Waals surface area (Å²) in [7, 11) is 1.38. The van der Waals surface area contributed by atoms with Gasteiger partial charge in [0.05, 0.1) is 35.2 Å². The molecule has 4 heterocycles. The number of nitrogens with one attached hydrogen (secondary N) is 1. The molecule has 11 heteroatoms. The number of halogens is 1. The Balaban J connectivity index is 1.63. The van der Waals surface area contributed by atoms with Gasteiger partial charge in [-0.2, -0.15) is 0 Å². The molecule has 2 aliphatic heterocycles. The summed E-state index contributed by atoms with van der Waals surface area (Å²) in [5, 5.41) is 7.30. The van der Waals surface area contributed by atoms with Crippen LogP contribution in [0.1, 0.15) is 40.3 Å². The quantitative estimate of drug-likeness (QED) is 0.131. The number of rotatable bonds is 8. The maximum absolute atomic E-state index is 14.5. The lowest BCUT2D eigenvalue weighted by molar-refractivity contribution is -0.159. The van der Waals surface area contributed by atoms with Gasteiger partial charge >= 0.3 is 5.97 Å². The van der Waals surface area contributed by atoms with Crippen molar-refractivity contribution in [1.82, 2.24) is 14.9 Å². The summed E-state index contributed by atoms with van der Waals surface area (Å²) >= 11 is 0. The van der Waals surface area contributed by atoms with Crippen molar-refractivity contribution >= 4 is 29.5 Å². The van der Waals surface area contributed by atoms with Crippen LogP contribution in [0.2, 0.25) is 0 Å². The predicted molar refractivity (Wildman–Crippen MR) is 127 cm³/mol. The van der Waals surface area contributed by atoms with E-state index in [1.54, 1.807) is 23.6 Å². The summed E-state index contributed by atoms with van der Waals surface area (Å²) in [6, 6.07) is 4.76. The molecule has 0 saturated carbocycles. The number of carbonyl (C=O) groups excluding carboxylic acids is 2. The summed E-state index contributed by atoms with van der Waals surface area (Å²) in [5.74, 6) is -0.968. The van der Waals surface area contributed by atoms with Crippen molar-refractivity contribution in [3.05, 3.63) is 62.2 Å². The van der Waals surface area contributed by atoms with Gasteiger partial charge in [0.25, 0.3) is 5.56 Å². The zero-order valence-corrected chi connectivity index (χ0v) is 19.7. The molecule has 2 aromatic heterocycles. The highest BCUT2D eigenvalue weighted by Gasteiger charge is 2.35. The Morgan fingerprint density at radius 2 is 2.14 bits per heavy atom. The number of aromatic nitrogens is 2. The molecule has 1 N–H and O–H groups in total. The van der Waals surface area contributed by atoms with E-state index in [0.29, 0.717) is 63.9 Å². The largest absolute Gasteiger partial charge is 0.458 e. The number of carbonyl (C=O) groups is 2. The topological polar surface area (TPSA) is 121 Å². The molecule has 3 aromatic rings. The number of ether oxygens (including phenoxy) is 2. The van der Waals surface area contributed by atoms with Gasteiger partial charge in [-0.1, -0.05) is 5.16 Å². The van der Waals surface area contributed by atoms with Crippen molar-refractivity contribution < 1.29 is 28.3 Å². The minimum absolute atomic E-state index is 0.135. The van der Waals surface area contributed by atoms with E-state index in [9.17, 15) is 18.8 Å². The first-order valence-electron chi connectivity index (χ1n) is 11.4. The molecule has 2 aliphatic rings. The number of cyclic esters (lactones) is 1. The fraction of sp³-hybridized carbons (Fsp3) is 0.320. The van der Waals surface area contributed by atoms with Gasteiger partial charge < -0.3 is 24.2 Å². The molecule has 1 atom stereocenters. The average Bonchev–Trinajstić information content (AvgIpc) is 3.22. The maximum Gasteiger partial charge on any atom is 0.340 e. The molecule has 0 fully saturated rings. The molecule has 0 aliphatic carbocycles. The van der Waals surface area contributed by atoms with E-state index in [1.165, 1.54) is 19.4 Å². The molecule has 0 bridgehead atoms. The van der Waals surface area contributed by atoms with Gasteiger partial charge in [0.2, 0.25) is 6.41 Å². The first-order chi connectivity index (χ1) is 17.4. The Labute approximate surface area is 204 Å². The van der Waals surface area contributed by atoms with E-state index >= 15 is 0 Å². The molecule has 10 nitrogen and oxygen atoms in total. The molecule has 1 aromatic carbocycles. The Morgan fingerprint density at radius 3 is 2.92 bits per heavy atom. The first kappa shape index (κ1) is 23.6. The van der Waals surface area contributed by atoms with Gasteiger partial charge in [0.1, 0.15) is 19.0 Å². The van der Waals surface area contributed by atoms with Crippen LogP contribution in [0, 0.1) is 12.7 Å². The lowest BCUT2D eigenvalue weighted by Gasteiger charge is -2.24. The van der Waals surface area contributed by atoms with Crippen LogP contribution in [0.25, 0.3) is 22.3 Å². The number of hydrogen-bond acceptors (Lipinski definition) is 8. The molecular formula is C25H23FN4O6. The maximum atomic E-state index is 14.5. The monoisotopic (exact) mass is 494 g/mol. The summed E-state index contributed by atoms with van der Waals surface area (Å²) < 4.78 is 26.5. The van der Waals surface area contributed by atoms with Crippen LogP contribution in [0.4, 0.5) is 4.39 Å². The highest BCUT2D eigenvalue weighted by molar-refractivity contribution is 6.02. The van der Waals surface area contributed by atoms with E-state index in [1.807, 2.05) is 0 Å². The molecule has 5 rings (SSSR count). The Kier molecular flexibility index (Phi) is 6.23. The highest BCUT2D eigenvalue weighted by atomic mass is 19.1. The molecule has 0 spiro atoms. The Bertz CT molecular complexity index is 1480. The third-order valence-electron chi connectivity index (χ3n) is 6.39. The third kappa shape index (κ3) is 3.91. The first-order valence-corrected chi connectivity index (χ1v) is 11.4. The van der Waals surface area contributed by atoms with Gasteiger partial charge in [-0.25, -0.2) is 14.2 Å². The van der Waals surface area contributed by atoms with Crippen molar-refractivity contribution in [3.63, 3.8) is 0 Å². The number of amides is 1. The number of esters is 1. The van der Waals surface area contributed by atoms with Crippen molar-refractivity contribution in [3.8, 4) is 11.4 Å². The van der Waals surface area contributed by atoms with E-state index < -0.39 is 17.9 Å². The summed E-state index contributed by atoms with van der Waals surface area (Å²) in [5.41, 5.74) is 3.72. The van der Waals surface area contributed by atoms with Crippen LogP contribution in [0.3, 0.4) is 0 Å². The van der Waals surface area contributed by atoms with Crippen LogP contribution in [0.5, 0.6) is 0 Å². The number of nitrogens with zero attached hydrogens (tertiary/aromatic N) is 3. The van der Waals surface area contributed by atoms with Crippen molar-refractivity contribution in [2.75, 3.05) is 20.3 Å². The number of oxime groups is 1. The number of pyridine rings is 2. The molecule has 36 heavy (non-hydrogen) atoms. The lowest BCUT2D eigenvalue weighted by atomic mass is 9.98. The number of hydrogen-bond donors (Lipinski definition) is 1. The zero-order chi connectivity index (χ0) is 25.4. The smallest absolute Gasteiger partial charge is 0.340 e. The molecule has 1 amide bonds. The standard InChI is InChI=1S/C25H23FN4O6/c1-13-6-14-16(9-28-36-5-3-4-27-12-31)17-10-30-21(22(17)29-20(14)8-19(13)26)7-15-18(24(30)32)11-35-25(33)23(15)34-2/h6-9,12,23H,3-5,10-11H2,1-2H3,(H,27,31)/b28-9+. The van der Waals surface area contributed by atoms with E-state index in [4.69, 9.17) is 19.3 Å². The van der Waals surface area contributed by atoms with Gasteiger partial charge in [-0.15, -0.1) is 0 Å². The van der Waals surface area contributed by atoms with Crippen LogP contribution in [-0.4, -0.2) is 48.4 Å². The van der Waals surface area contributed by atoms with E-state index in [0.717, 1.165) is 5.56 Å². The summed E-state index contributed by atoms with van der Waals surface area (Å²) in [6.45, 7) is 2.49. The number of methoxy groups -OCH3 is 1. The van der Waals surface area contributed by atoms with E-state index in [2.05, 4.69) is 10.5 Å². The highest BCUT2D eigenvalue weighted by Crippen LogP contribution is 2.38. The Hall–Kier alpha value is -4.12. The normalized spacial score (nSPS) is 16.0.